The van der Waals surface area contributed by atoms with Crippen molar-refractivity contribution >= 4 is 21.6 Å². The first-order chi connectivity index (χ1) is 11.5. The molecular weight excluding hydrogens is 322 g/mol. The van der Waals surface area contributed by atoms with Crippen molar-refractivity contribution in [3.05, 3.63) is 26.6 Å². The molecule has 0 fully saturated rings. The first kappa shape index (κ1) is 17.6. The molecule has 0 bridgehead atoms. The van der Waals surface area contributed by atoms with Crippen LogP contribution in [-0.2, 0) is 19.4 Å². The molecule has 2 N–H and O–H groups in total. The number of hydrogen-bond donors (Lipinski definition) is 2. The van der Waals surface area contributed by atoms with Gasteiger partial charge in [0.1, 0.15) is 10.7 Å². The van der Waals surface area contributed by atoms with Crippen LogP contribution in [0, 0.1) is 5.92 Å². The van der Waals surface area contributed by atoms with Gasteiger partial charge >= 0.3 is 0 Å². The number of aryl methyl sites for hydroxylation is 2. The zero-order chi connectivity index (χ0) is 17.3. The van der Waals surface area contributed by atoms with Crippen LogP contribution in [-0.4, -0.2) is 39.2 Å². The van der Waals surface area contributed by atoms with Crippen LogP contribution in [0.25, 0.3) is 10.2 Å². The molecule has 1 atom stereocenters. The molecule has 2 aromatic rings. The Morgan fingerprint density at radius 3 is 2.83 bits per heavy atom. The fourth-order valence-corrected chi connectivity index (χ4v) is 4.76. The highest BCUT2D eigenvalue weighted by Crippen LogP contribution is 2.34. The number of aliphatic hydroxyl groups is 1. The molecule has 0 saturated carbocycles. The van der Waals surface area contributed by atoms with Gasteiger partial charge in [0, 0.05) is 18.0 Å². The number of aromatic amines is 1. The van der Waals surface area contributed by atoms with Gasteiger partial charge in [-0.3, -0.25) is 9.69 Å². The van der Waals surface area contributed by atoms with Crippen molar-refractivity contribution in [1.29, 1.82) is 0 Å². The molecule has 132 valence electrons. The minimum absolute atomic E-state index is 0.00469. The topological polar surface area (TPSA) is 69.2 Å². The Labute approximate surface area is 146 Å². The fraction of sp³-hybridized carbons (Fsp3) is 0.667. The van der Waals surface area contributed by atoms with Gasteiger partial charge in [-0.2, -0.15) is 0 Å². The zero-order valence-corrected chi connectivity index (χ0v) is 15.6. The van der Waals surface area contributed by atoms with Crippen LogP contribution >= 0.6 is 11.3 Å². The van der Waals surface area contributed by atoms with Gasteiger partial charge in [0.2, 0.25) is 0 Å². The summed E-state index contributed by atoms with van der Waals surface area (Å²) >= 11 is 1.68. The second-order valence-corrected chi connectivity index (χ2v) is 8.28. The Hall–Kier alpha value is -1.24. The summed E-state index contributed by atoms with van der Waals surface area (Å²) in [4.78, 5) is 24.6. The van der Waals surface area contributed by atoms with E-state index in [9.17, 15) is 9.90 Å². The smallest absolute Gasteiger partial charge is 0.259 e. The number of fused-ring (bicyclic) bond motifs is 3. The van der Waals surface area contributed by atoms with E-state index >= 15 is 0 Å². The lowest BCUT2D eigenvalue weighted by molar-refractivity contribution is 0.0971. The minimum atomic E-state index is -0.343. The van der Waals surface area contributed by atoms with Gasteiger partial charge in [0.05, 0.1) is 18.0 Å². The Morgan fingerprint density at radius 2 is 2.12 bits per heavy atom. The van der Waals surface area contributed by atoms with Crippen LogP contribution < -0.4 is 5.56 Å². The first-order valence-electron chi connectivity index (χ1n) is 8.91. The second kappa shape index (κ2) is 7.33. The monoisotopic (exact) mass is 349 g/mol. The van der Waals surface area contributed by atoms with Gasteiger partial charge in [-0.25, -0.2) is 4.98 Å². The highest BCUT2D eigenvalue weighted by molar-refractivity contribution is 7.18. The van der Waals surface area contributed by atoms with Crippen LogP contribution in [0.4, 0.5) is 0 Å². The highest BCUT2D eigenvalue weighted by Gasteiger charge is 2.22. The third kappa shape index (κ3) is 3.71. The van der Waals surface area contributed by atoms with E-state index in [1.165, 1.54) is 10.4 Å². The lowest BCUT2D eigenvalue weighted by Gasteiger charge is -2.25. The van der Waals surface area contributed by atoms with Gasteiger partial charge in [-0.15, -0.1) is 11.3 Å². The molecule has 0 aromatic carbocycles. The number of H-pyrrole nitrogens is 1. The van der Waals surface area contributed by atoms with Gasteiger partial charge in [-0.1, -0.05) is 20.8 Å². The summed E-state index contributed by atoms with van der Waals surface area (Å²) in [5.41, 5.74) is 1.21. The number of nitrogens with zero attached hydrogens (tertiary/aromatic N) is 2. The average Bonchev–Trinajstić information content (AvgIpc) is 3.06. The Balaban J connectivity index is 1.86. The Morgan fingerprint density at radius 1 is 1.33 bits per heavy atom. The third-order valence-corrected chi connectivity index (χ3v) is 5.75. The van der Waals surface area contributed by atoms with E-state index in [0.29, 0.717) is 24.8 Å². The molecule has 0 spiro atoms. The molecule has 0 amide bonds. The number of thiophene rings is 1. The van der Waals surface area contributed by atoms with E-state index in [0.717, 1.165) is 42.4 Å². The van der Waals surface area contributed by atoms with E-state index in [4.69, 9.17) is 4.98 Å². The standard InChI is InChI=1S/C18H27N3O2S/c1-4-12(22)9-21(8-11(2)3)10-15-19-17(23)16-13-6-5-7-14(13)24-18(16)20-15/h11-12,22H,4-10H2,1-3H3,(H,19,20,23). The van der Waals surface area contributed by atoms with E-state index in [2.05, 4.69) is 23.7 Å². The predicted octanol–water partition coefficient (Wildman–Crippen LogP) is 2.70. The summed E-state index contributed by atoms with van der Waals surface area (Å²) in [6, 6.07) is 0. The van der Waals surface area contributed by atoms with E-state index in [1.807, 2.05) is 6.92 Å². The van der Waals surface area contributed by atoms with Crippen LogP contribution in [0.5, 0.6) is 0 Å². The van der Waals surface area contributed by atoms with Crippen molar-refractivity contribution in [3.63, 3.8) is 0 Å². The van der Waals surface area contributed by atoms with Crippen LogP contribution in [0.1, 0.15) is 49.9 Å². The quantitative estimate of drug-likeness (QED) is 0.806. The molecule has 2 aromatic heterocycles. The van der Waals surface area contributed by atoms with Crippen molar-refractivity contribution in [1.82, 2.24) is 14.9 Å². The average molecular weight is 350 g/mol. The Kier molecular flexibility index (Phi) is 5.37. The summed E-state index contributed by atoms with van der Waals surface area (Å²) in [7, 11) is 0. The maximum absolute atomic E-state index is 12.5. The molecule has 24 heavy (non-hydrogen) atoms. The summed E-state index contributed by atoms with van der Waals surface area (Å²) < 4.78 is 0. The van der Waals surface area contributed by atoms with Gasteiger partial charge in [0.15, 0.2) is 0 Å². The maximum Gasteiger partial charge on any atom is 0.259 e. The Bertz CT molecular complexity index is 765. The summed E-state index contributed by atoms with van der Waals surface area (Å²) in [5.74, 6) is 1.20. The summed E-state index contributed by atoms with van der Waals surface area (Å²) in [5, 5.41) is 10.8. The molecule has 5 nitrogen and oxygen atoms in total. The molecule has 3 rings (SSSR count). The third-order valence-electron chi connectivity index (χ3n) is 4.56. The molecule has 0 saturated heterocycles. The molecule has 1 aliphatic carbocycles. The first-order valence-corrected chi connectivity index (χ1v) is 9.73. The SMILES string of the molecule is CCC(O)CN(Cc1nc2sc3c(c2c(=O)[nH]1)CCC3)CC(C)C. The fourth-order valence-electron chi connectivity index (χ4n) is 3.48. The van der Waals surface area contributed by atoms with Gasteiger partial charge < -0.3 is 10.1 Å². The number of aliphatic hydroxyl groups excluding tert-OH is 1. The minimum Gasteiger partial charge on any atom is -0.392 e. The number of rotatable bonds is 7. The van der Waals surface area contributed by atoms with E-state index in [-0.39, 0.29) is 11.7 Å². The predicted molar refractivity (Wildman–Crippen MR) is 98.7 cm³/mol. The summed E-state index contributed by atoms with van der Waals surface area (Å²) in [6.07, 6.45) is 3.62. The lowest BCUT2D eigenvalue weighted by Crippen LogP contribution is -2.35. The summed E-state index contributed by atoms with van der Waals surface area (Å²) in [6.45, 7) is 8.36. The second-order valence-electron chi connectivity index (χ2n) is 7.20. The molecule has 1 aliphatic rings. The normalized spacial score (nSPS) is 15.6. The molecule has 1 unspecified atom stereocenters. The largest absolute Gasteiger partial charge is 0.392 e. The lowest BCUT2D eigenvalue weighted by atomic mass is 10.1. The van der Waals surface area contributed by atoms with E-state index in [1.54, 1.807) is 11.3 Å². The molecule has 6 heteroatoms. The van der Waals surface area contributed by atoms with E-state index < -0.39 is 0 Å². The van der Waals surface area contributed by atoms with Gasteiger partial charge in [-0.05, 0) is 37.2 Å². The van der Waals surface area contributed by atoms with Crippen molar-refractivity contribution in [2.45, 2.75) is 59.1 Å². The maximum atomic E-state index is 12.5. The number of nitrogens with one attached hydrogen (secondary N) is 1. The molecule has 0 radical (unpaired) electrons. The zero-order valence-electron chi connectivity index (χ0n) is 14.8. The van der Waals surface area contributed by atoms with Crippen LogP contribution in [0.2, 0.25) is 0 Å². The molecule has 0 aliphatic heterocycles. The molecule has 2 heterocycles. The number of aromatic nitrogens is 2. The van der Waals surface area contributed by atoms with Crippen molar-refractivity contribution < 1.29 is 5.11 Å². The van der Waals surface area contributed by atoms with Crippen molar-refractivity contribution in [2.24, 2.45) is 5.92 Å². The van der Waals surface area contributed by atoms with Crippen LogP contribution in [0.3, 0.4) is 0 Å². The van der Waals surface area contributed by atoms with Gasteiger partial charge in [0.25, 0.3) is 5.56 Å². The van der Waals surface area contributed by atoms with Crippen LogP contribution in [0.15, 0.2) is 4.79 Å². The van der Waals surface area contributed by atoms with Crippen molar-refractivity contribution in [3.8, 4) is 0 Å². The highest BCUT2D eigenvalue weighted by atomic mass is 32.1. The number of hydrogen-bond acceptors (Lipinski definition) is 5. The van der Waals surface area contributed by atoms with Crippen molar-refractivity contribution in [2.75, 3.05) is 13.1 Å². The molecular formula is C18H27N3O2S.